The molecule has 0 spiro atoms. The molecule has 1 aliphatic heterocycles. The monoisotopic (exact) mass is 538 g/mol. The number of nitrogens with one attached hydrogen (secondary N) is 2. The van der Waals surface area contributed by atoms with Crippen LogP contribution in [0.3, 0.4) is 0 Å². The normalized spacial score (nSPS) is 13.5. The standard InChI is InChI=1S/C28H31ClN4O5/c1-36-23-9-8-20(24(16-23)37-2)18-30-26-15-21(14-25(29)32-26)27(34)31-17-19-10-12-33(13-11-19)28(35)38-22-6-4-3-5-7-22/h3-9,14-16,19H,10-13,17-18H2,1-2H3,(H,30,32)(H,31,34). The van der Waals surface area contributed by atoms with Crippen molar-refractivity contribution in [3.05, 3.63) is 76.9 Å². The number of ether oxygens (including phenoxy) is 3. The molecule has 1 saturated heterocycles. The minimum Gasteiger partial charge on any atom is -0.497 e. The molecule has 2 N–H and O–H groups in total. The summed E-state index contributed by atoms with van der Waals surface area (Å²) in [4.78, 5) is 31.2. The molecule has 2 amide bonds. The molecule has 1 aromatic heterocycles. The third kappa shape index (κ3) is 7.29. The van der Waals surface area contributed by atoms with E-state index in [9.17, 15) is 9.59 Å². The smallest absolute Gasteiger partial charge is 0.415 e. The van der Waals surface area contributed by atoms with Gasteiger partial charge in [0.1, 0.15) is 28.2 Å². The second-order valence-electron chi connectivity index (χ2n) is 8.92. The first kappa shape index (κ1) is 27.1. The van der Waals surface area contributed by atoms with Crippen LogP contribution in [0.15, 0.2) is 60.7 Å². The zero-order valence-electron chi connectivity index (χ0n) is 21.4. The van der Waals surface area contributed by atoms with Gasteiger partial charge in [0.2, 0.25) is 0 Å². The highest BCUT2D eigenvalue weighted by atomic mass is 35.5. The van der Waals surface area contributed by atoms with Gasteiger partial charge in [-0.15, -0.1) is 0 Å². The van der Waals surface area contributed by atoms with Crippen LogP contribution in [0.5, 0.6) is 17.2 Å². The van der Waals surface area contributed by atoms with Gasteiger partial charge in [0.05, 0.1) is 14.2 Å². The number of methoxy groups -OCH3 is 2. The summed E-state index contributed by atoms with van der Waals surface area (Å²) >= 11 is 6.20. The van der Waals surface area contributed by atoms with Gasteiger partial charge in [-0.05, 0) is 55.2 Å². The Morgan fingerprint density at radius 1 is 1.00 bits per heavy atom. The number of pyridine rings is 1. The molecule has 3 aromatic rings. The van der Waals surface area contributed by atoms with E-state index in [1.165, 1.54) is 6.07 Å². The number of carbonyl (C=O) groups excluding carboxylic acids is 2. The number of benzene rings is 2. The van der Waals surface area contributed by atoms with Gasteiger partial charge in [0.25, 0.3) is 5.91 Å². The van der Waals surface area contributed by atoms with E-state index in [-0.39, 0.29) is 23.1 Å². The minimum absolute atomic E-state index is 0.215. The average molecular weight is 539 g/mol. The summed E-state index contributed by atoms with van der Waals surface area (Å²) < 4.78 is 16.1. The summed E-state index contributed by atoms with van der Waals surface area (Å²) in [7, 11) is 3.19. The van der Waals surface area contributed by atoms with E-state index in [0.717, 1.165) is 18.4 Å². The Morgan fingerprint density at radius 2 is 1.76 bits per heavy atom. The van der Waals surface area contributed by atoms with E-state index in [0.29, 0.717) is 54.8 Å². The molecule has 2 aromatic carbocycles. The lowest BCUT2D eigenvalue weighted by Gasteiger charge is -2.31. The minimum atomic E-state index is -0.350. The number of amides is 2. The van der Waals surface area contributed by atoms with E-state index in [2.05, 4.69) is 15.6 Å². The topological polar surface area (TPSA) is 102 Å². The Hall–Kier alpha value is -3.98. The van der Waals surface area contributed by atoms with Crippen molar-refractivity contribution in [1.29, 1.82) is 0 Å². The van der Waals surface area contributed by atoms with Crippen LogP contribution in [0.4, 0.5) is 10.6 Å². The molecule has 10 heteroatoms. The number of hydrogen-bond donors (Lipinski definition) is 2. The molecule has 9 nitrogen and oxygen atoms in total. The van der Waals surface area contributed by atoms with Crippen molar-refractivity contribution in [2.75, 3.05) is 39.2 Å². The van der Waals surface area contributed by atoms with Gasteiger partial charge < -0.3 is 29.7 Å². The third-order valence-corrected chi connectivity index (χ3v) is 6.58. The number of halogens is 1. The van der Waals surface area contributed by atoms with Gasteiger partial charge in [-0.2, -0.15) is 0 Å². The van der Waals surface area contributed by atoms with Crippen LogP contribution in [0.2, 0.25) is 5.15 Å². The van der Waals surface area contributed by atoms with E-state index in [4.69, 9.17) is 25.8 Å². The van der Waals surface area contributed by atoms with Crippen LogP contribution < -0.4 is 24.8 Å². The zero-order chi connectivity index (χ0) is 26.9. The van der Waals surface area contributed by atoms with E-state index in [1.54, 1.807) is 43.4 Å². The Bertz CT molecular complexity index is 1250. The zero-order valence-corrected chi connectivity index (χ0v) is 22.2. The van der Waals surface area contributed by atoms with Crippen molar-refractivity contribution in [2.45, 2.75) is 19.4 Å². The molecule has 1 aliphatic rings. The van der Waals surface area contributed by atoms with Gasteiger partial charge in [-0.25, -0.2) is 9.78 Å². The molecule has 38 heavy (non-hydrogen) atoms. The van der Waals surface area contributed by atoms with Gasteiger partial charge in [-0.3, -0.25) is 4.79 Å². The highest BCUT2D eigenvalue weighted by Gasteiger charge is 2.24. The number of anilines is 1. The highest BCUT2D eigenvalue weighted by molar-refractivity contribution is 6.29. The van der Waals surface area contributed by atoms with Crippen LogP contribution in [0, 0.1) is 5.92 Å². The fraction of sp³-hybridized carbons (Fsp3) is 0.321. The van der Waals surface area contributed by atoms with Crippen LogP contribution in [0.25, 0.3) is 0 Å². The van der Waals surface area contributed by atoms with Crippen molar-refractivity contribution >= 4 is 29.4 Å². The summed E-state index contributed by atoms with van der Waals surface area (Å²) in [6, 6.07) is 17.8. The Labute approximate surface area is 227 Å². The first-order valence-electron chi connectivity index (χ1n) is 12.4. The predicted molar refractivity (Wildman–Crippen MR) is 145 cm³/mol. The summed E-state index contributed by atoms with van der Waals surface area (Å²) in [5, 5.41) is 6.41. The van der Waals surface area contributed by atoms with Crippen molar-refractivity contribution < 1.29 is 23.8 Å². The first-order valence-corrected chi connectivity index (χ1v) is 12.8. The number of aromatic nitrogens is 1. The summed E-state index contributed by atoms with van der Waals surface area (Å²) in [5.41, 5.74) is 1.32. The molecule has 4 rings (SSSR count). The Morgan fingerprint density at radius 3 is 2.47 bits per heavy atom. The van der Waals surface area contributed by atoms with Crippen molar-refractivity contribution in [3.8, 4) is 17.2 Å². The first-order chi connectivity index (χ1) is 18.4. The summed E-state index contributed by atoms with van der Waals surface area (Å²) in [6.45, 7) is 2.09. The van der Waals surface area contributed by atoms with Gasteiger partial charge in [0, 0.05) is 43.4 Å². The van der Waals surface area contributed by atoms with Gasteiger partial charge in [0.15, 0.2) is 0 Å². The maximum atomic E-state index is 12.9. The molecular weight excluding hydrogens is 508 g/mol. The van der Waals surface area contributed by atoms with Crippen molar-refractivity contribution in [3.63, 3.8) is 0 Å². The summed E-state index contributed by atoms with van der Waals surface area (Å²) in [6.07, 6.45) is 1.20. The Balaban J connectivity index is 1.27. The molecule has 0 bridgehead atoms. The Kier molecular flexibility index (Phi) is 9.26. The fourth-order valence-electron chi connectivity index (χ4n) is 4.21. The quantitative estimate of drug-likeness (QED) is 0.369. The van der Waals surface area contributed by atoms with E-state index < -0.39 is 0 Å². The van der Waals surface area contributed by atoms with Crippen molar-refractivity contribution in [1.82, 2.24) is 15.2 Å². The lowest BCUT2D eigenvalue weighted by molar-refractivity contribution is 0.0931. The number of piperidine rings is 1. The molecule has 200 valence electrons. The predicted octanol–water partition coefficient (Wildman–Crippen LogP) is 5.01. The van der Waals surface area contributed by atoms with E-state index in [1.807, 2.05) is 30.3 Å². The van der Waals surface area contributed by atoms with E-state index >= 15 is 0 Å². The number of carbonyl (C=O) groups is 2. The number of hydrogen-bond acceptors (Lipinski definition) is 7. The number of likely N-dealkylation sites (tertiary alicyclic amines) is 1. The van der Waals surface area contributed by atoms with Crippen molar-refractivity contribution in [2.24, 2.45) is 5.92 Å². The maximum absolute atomic E-state index is 12.9. The molecule has 2 heterocycles. The average Bonchev–Trinajstić information content (AvgIpc) is 2.95. The lowest BCUT2D eigenvalue weighted by Crippen LogP contribution is -2.42. The molecule has 0 atom stereocenters. The van der Waals surface area contributed by atoms with Crippen LogP contribution >= 0.6 is 11.6 Å². The second-order valence-corrected chi connectivity index (χ2v) is 9.30. The molecular formula is C28H31ClN4O5. The highest BCUT2D eigenvalue weighted by Crippen LogP contribution is 2.26. The molecule has 0 saturated carbocycles. The molecule has 0 aliphatic carbocycles. The number of rotatable bonds is 9. The molecule has 0 radical (unpaired) electrons. The van der Waals surface area contributed by atoms with Gasteiger partial charge in [-0.1, -0.05) is 29.8 Å². The summed E-state index contributed by atoms with van der Waals surface area (Å²) in [5.74, 6) is 2.41. The largest absolute Gasteiger partial charge is 0.497 e. The lowest BCUT2D eigenvalue weighted by atomic mass is 9.97. The van der Waals surface area contributed by atoms with Crippen LogP contribution in [-0.4, -0.2) is 55.7 Å². The second kappa shape index (κ2) is 13.0. The number of para-hydroxylation sites is 1. The van der Waals surface area contributed by atoms with Crippen LogP contribution in [-0.2, 0) is 6.54 Å². The van der Waals surface area contributed by atoms with Gasteiger partial charge >= 0.3 is 6.09 Å². The third-order valence-electron chi connectivity index (χ3n) is 6.38. The SMILES string of the molecule is COc1ccc(CNc2cc(C(=O)NCC3CCN(C(=O)Oc4ccccc4)CC3)cc(Cl)n2)c(OC)c1. The maximum Gasteiger partial charge on any atom is 0.415 e. The molecule has 1 fully saturated rings. The van der Waals surface area contributed by atoms with Crippen LogP contribution in [0.1, 0.15) is 28.8 Å². The molecule has 0 unspecified atom stereocenters. The number of nitrogens with zero attached hydrogens (tertiary/aromatic N) is 2. The fourth-order valence-corrected chi connectivity index (χ4v) is 4.42.